The van der Waals surface area contributed by atoms with E-state index in [1.165, 1.54) is 11.8 Å². The molecule has 2 rings (SSSR count). The van der Waals surface area contributed by atoms with Gasteiger partial charge in [-0.3, -0.25) is 0 Å². The molecule has 0 spiro atoms. The first kappa shape index (κ1) is 6.65. The van der Waals surface area contributed by atoms with Crippen LogP contribution < -0.4 is 0 Å². The third-order valence-electron chi connectivity index (χ3n) is 2.02. The Morgan fingerprint density at radius 3 is 2.73 bits per heavy atom. The van der Waals surface area contributed by atoms with Gasteiger partial charge in [0.1, 0.15) is 0 Å². The molecule has 0 saturated heterocycles. The molecule has 11 heavy (non-hydrogen) atoms. The second-order valence-electron chi connectivity index (χ2n) is 2.82. The average Bonchev–Trinajstić information content (AvgIpc) is 1.83. The van der Waals surface area contributed by atoms with E-state index in [1.54, 1.807) is 6.07 Å². The van der Waals surface area contributed by atoms with Gasteiger partial charge in [0.25, 0.3) is 0 Å². The average molecular weight is 144 g/mol. The first-order valence-corrected chi connectivity index (χ1v) is 3.85. The molecule has 0 saturated carbocycles. The molecule has 1 aromatic rings. The van der Waals surface area contributed by atoms with Crippen LogP contribution in [0.3, 0.4) is 0 Å². The first-order valence-electron chi connectivity index (χ1n) is 3.85. The Labute approximate surface area is 66.6 Å². The van der Waals surface area contributed by atoms with Gasteiger partial charge in [0.05, 0.1) is 0 Å². The van der Waals surface area contributed by atoms with E-state index in [9.17, 15) is 0 Å². The van der Waals surface area contributed by atoms with Crippen molar-refractivity contribution in [3.8, 4) is 5.75 Å². The van der Waals surface area contributed by atoms with Gasteiger partial charge < -0.3 is 0 Å². The van der Waals surface area contributed by atoms with E-state index in [2.05, 4.69) is 6.92 Å². The molecular formula is C9H9BO. The molecule has 1 aliphatic heterocycles. The van der Waals surface area contributed by atoms with Gasteiger partial charge in [0, 0.05) is 0 Å². The fourth-order valence-electron chi connectivity index (χ4n) is 1.26. The van der Waals surface area contributed by atoms with E-state index in [1.807, 2.05) is 18.2 Å². The molecule has 0 bridgehead atoms. The zero-order chi connectivity index (χ0) is 7.68. The van der Waals surface area contributed by atoms with Crippen LogP contribution >= 0.6 is 0 Å². The topological polar surface area (TPSA) is 20.2 Å². The standard InChI is InChI=1S/C9H9BO/c11-8-3-1-2-7(6-8)9-4-5-10-9/h1-3,6,11H,4-5H2. The summed E-state index contributed by atoms with van der Waals surface area (Å²) >= 11 is 0. The van der Waals surface area contributed by atoms with E-state index in [-0.39, 0.29) is 0 Å². The fourth-order valence-corrected chi connectivity index (χ4v) is 1.26. The van der Waals surface area contributed by atoms with E-state index >= 15 is 0 Å². The van der Waals surface area contributed by atoms with E-state index in [0.29, 0.717) is 5.75 Å². The van der Waals surface area contributed by atoms with E-state index in [4.69, 9.17) is 5.11 Å². The van der Waals surface area contributed by atoms with Gasteiger partial charge in [0.15, 0.2) is 0 Å². The molecule has 0 amide bonds. The van der Waals surface area contributed by atoms with Gasteiger partial charge in [-0.25, -0.2) is 0 Å². The Balaban J connectivity index is 2.38. The van der Waals surface area contributed by atoms with Gasteiger partial charge in [0.2, 0.25) is 0 Å². The number of hydrogen-bond acceptors (Lipinski definition) is 1. The number of phenolic OH excluding ortho intramolecular Hbond substituents is 1. The van der Waals surface area contributed by atoms with Crippen molar-refractivity contribution in [1.82, 2.24) is 0 Å². The molecule has 0 unspecified atom stereocenters. The third-order valence-corrected chi connectivity index (χ3v) is 2.02. The maximum atomic E-state index is 9.15. The molecule has 0 radical (unpaired) electrons. The Bertz CT molecular complexity index is 304. The van der Waals surface area contributed by atoms with Crippen LogP contribution in [0.1, 0.15) is 12.0 Å². The van der Waals surface area contributed by atoms with Crippen LogP contribution in [0.15, 0.2) is 24.3 Å². The van der Waals surface area contributed by atoms with Gasteiger partial charge in [-0.2, -0.15) is 0 Å². The van der Waals surface area contributed by atoms with Crippen molar-refractivity contribution in [3.63, 3.8) is 0 Å². The van der Waals surface area contributed by atoms with Crippen LogP contribution in [0.5, 0.6) is 5.75 Å². The molecule has 1 nitrogen and oxygen atoms in total. The Morgan fingerprint density at radius 2 is 2.18 bits per heavy atom. The number of phenols is 1. The summed E-state index contributed by atoms with van der Waals surface area (Å²) < 4.78 is 0. The Morgan fingerprint density at radius 1 is 1.36 bits per heavy atom. The number of aromatic hydroxyl groups is 1. The normalized spacial score (nSPS) is 14.7. The van der Waals surface area contributed by atoms with Crippen molar-refractivity contribution < 1.29 is 5.11 Å². The molecule has 54 valence electrons. The second kappa shape index (κ2) is 2.53. The molecule has 0 atom stereocenters. The molecular weight excluding hydrogens is 135 g/mol. The fraction of sp³-hybridized carbons (Fsp3) is 0.222. The van der Waals surface area contributed by atoms with Crippen molar-refractivity contribution in [3.05, 3.63) is 29.8 Å². The van der Waals surface area contributed by atoms with E-state index in [0.717, 1.165) is 12.0 Å². The van der Waals surface area contributed by atoms with Gasteiger partial charge in [-0.05, 0) is 0 Å². The van der Waals surface area contributed by atoms with Gasteiger partial charge in [-0.1, -0.05) is 0 Å². The molecule has 1 aromatic carbocycles. The number of benzene rings is 1. The van der Waals surface area contributed by atoms with Gasteiger partial charge in [-0.15, -0.1) is 0 Å². The summed E-state index contributed by atoms with van der Waals surface area (Å²) in [4.78, 5) is 0. The number of hydrogen-bond donors (Lipinski definition) is 1. The van der Waals surface area contributed by atoms with Crippen molar-refractivity contribution in [2.24, 2.45) is 0 Å². The summed E-state index contributed by atoms with van der Waals surface area (Å²) in [6.07, 6.45) is 2.34. The van der Waals surface area contributed by atoms with Crippen molar-refractivity contribution in [2.75, 3.05) is 0 Å². The quantitative estimate of drug-likeness (QED) is 0.591. The minimum atomic E-state index is 0.357. The molecule has 1 heterocycles. The summed E-state index contributed by atoms with van der Waals surface area (Å²) in [5.74, 6) is 0.357. The molecule has 0 aliphatic carbocycles. The van der Waals surface area contributed by atoms with Crippen LogP contribution in [-0.4, -0.2) is 17.5 Å². The monoisotopic (exact) mass is 144 g/mol. The summed E-state index contributed by atoms with van der Waals surface area (Å²) in [6.45, 7) is 2.20. The van der Waals surface area contributed by atoms with Crippen molar-refractivity contribution in [1.29, 1.82) is 0 Å². The predicted molar refractivity (Wildman–Crippen MR) is 47.4 cm³/mol. The zero-order valence-corrected chi connectivity index (χ0v) is 6.25. The minimum absolute atomic E-state index is 0.357. The van der Waals surface area contributed by atoms with Crippen LogP contribution in [0.2, 0.25) is 6.32 Å². The molecule has 2 heteroatoms. The molecule has 1 aliphatic rings. The van der Waals surface area contributed by atoms with Gasteiger partial charge >= 0.3 is 65.8 Å². The van der Waals surface area contributed by atoms with Crippen LogP contribution in [0, 0.1) is 0 Å². The van der Waals surface area contributed by atoms with Crippen molar-refractivity contribution >= 4 is 12.4 Å². The number of rotatable bonds is 1. The molecule has 0 aromatic heterocycles. The SMILES string of the molecule is Oc1cccc(C2=BCC2)c1. The van der Waals surface area contributed by atoms with E-state index < -0.39 is 0 Å². The summed E-state index contributed by atoms with van der Waals surface area (Å²) in [7, 11) is 0. The Kier molecular flexibility index (Phi) is 1.53. The third kappa shape index (κ3) is 1.21. The van der Waals surface area contributed by atoms with Crippen LogP contribution in [-0.2, 0) is 0 Å². The predicted octanol–water partition coefficient (Wildman–Crippen LogP) is 1.44. The van der Waals surface area contributed by atoms with Crippen molar-refractivity contribution in [2.45, 2.75) is 12.7 Å². The summed E-state index contributed by atoms with van der Waals surface area (Å²) in [6, 6.07) is 7.42. The molecule has 1 N–H and O–H groups in total. The second-order valence-corrected chi connectivity index (χ2v) is 2.82. The molecule has 0 fully saturated rings. The van der Waals surface area contributed by atoms with Crippen LogP contribution in [0.4, 0.5) is 0 Å². The maximum absolute atomic E-state index is 9.15. The summed E-state index contributed by atoms with van der Waals surface area (Å²) in [5.41, 5.74) is 2.53. The Hall–Kier alpha value is -1.05. The first-order chi connectivity index (χ1) is 5.36. The summed E-state index contributed by atoms with van der Waals surface area (Å²) in [5, 5.41) is 9.15. The van der Waals surface area contributed by atoms with Crippen LogP contribution in [0.25, 0.3) is 0 Å². The zero-order valence-electron chi connectivity index (χ0n) is 6.25.